The van der Waals surface area contributed by atoms with Crippen LogP contribution >= 0.6 is 0 Å². The maximum Gasteiger partial charge on any atom is 0.323 e. The van der Waals surface area contributed by atoms with Crippen molar-refractivity contribution >= 4 is 23.2 Å². The molecule has 2 aliphatic rings. The summed E-state index contributed by atoms with van der Waals surface area (Å²) in [6, 6.07) is -0.193. The fourth-order valence-electron chi connectivity index (χ4n) is 3.61. The highest BCUT2D eigenvalue weighted by Crippen LogP contribution is 2.22. The van der Waals surface area contributed by atoms with Crippen LogP contribution in [-0.2, 0) is 4.74 Å². The Morgan fingerprint density at radius 3 is 2.74 bits per heavy atom. The number of unbranched alkanes of at least 4 members (excludes halogenated alkanes) is 1. The van der Waals surface area contributed by atoms with Crippen LogP contribution in [0.15, 0.2) is 6.20 Å². The topological polar surface area (TPSA) is 87.6 Å². The van der Waals surface area contributed by atoms with E-state index in [4.69, 9.17) is 9.72 Å². The van der Waals surface area contributed by atoms with E-state index in [0.717, 1.165) is 48.6 Å². The van der Waals surface area contributed by atoms with Crippen molar-refractivity contribution in [2.45, 2.75) is 64.4 Å². The second-order valence-electron chi connectivity index (χ2n) is 7.70. The van der Waals surface area contributed by atoms with Gasteiger partial charge in [-0.3, -0.25) is 5.32 Å². The van der Waals surface area contributed by atoms with Gasteiger partial charge in [-0.15, -0.1) is 0 Å². The number of aromatic nitrogens is 2. The highest BCUT2D eigenvalue weighted by Gasteiger charge is 2.29. The van der Waals surface area contributed by atoms with Gasteiger partial charge < -0.3 is 14.7 Å². The number of aliphatic hydroxyl groups is 1. The predicted molar refractivity (Wildman–Crippen MR) is 104 cm³/mol. The molecule has 148 valence electrons. The molecular formula is C20H30N4O3. The number of carbonyl (C=O) groups is 1. The fourth-order valence-corrected chi connectivity index (χ4v) is 3.61. The van der Waals surface area contributed by atoms with Crippen LogP contribution in [0, 0.1) is 0 Å². The number of piperidine rings is 1. The summed E-state index contributed by atoms with van der Waals surface area (Å²) in [6.45, 7) is 5.06. The van der Waals surface area contributed by atoms with Crippen molar-refractivity contribution in [2.24, 2.45) is 0 Å². The first-order valence-electron chi connectivity index (χ1n) is 9.84. The number of hydrogen-bond donors (Lipinski definition) is 2. The Morgan fingerprint density at radius 1 is 1.33 bits per heavy atom. The van der Waals surface area contributed by atoms with Gasteiger partial charge in [0.2, 0.25) is 0 Å². The zero-order chi connectivity index (χ0) is 19.4. The SMILES string of the molecule is CCCCC1=c2nc(NC(=O)N3CCC(C)(O)CC3)cnc2=C(OC)CC1. The lowest BCUT2D eigenvalue weighted by Crippen LogP contribution is -2.47. The molecule has 2 N–H and O–H groups in total. The lowest BCUT2D eigenvalue weighted by Gasteiger charge is -2.35. The van der Waals surface area contributed by atoms with E-state index in [1.165, 1.54) is 5.57 Å². The van der Waals surface area contributed by atoms with Gasteiger partial charge in [-0.2, -0.15) is 0 Å². The van der Waals surface area contributed by atoms with Gasteiger partial charge >= 0.3 is 6.03 Å². The van der Waals surface area contributed by atoms with Crippen molar-refractivity contribution in [3.63, 3.8) is 0 Å². The van der Waals surface area contributed by atoms with Crippen LogP contribution in [0.1, 0.15) is 58.8 Å². The highest BCUT2D eigenvalue weighted by atomic mass is 16.5. The Morgan fingerprint density at radius 2 is 2.07 bits per heavy atom. The van der Waals surface area contributed by atoms with Crippen LogP contribution in [0.4, 0.5) is 10.6 Å². The molecule has 1 aromatic heterocycles. The van der Waals surface area contributed by atoms with E-state index in [-0.39, 0.29) is 6.03 Å². The summed E-state index contributed by atoms with van der Waals surface area (Å²) in [4.78, 5) is 23.5. The minimum atomic E-state index is -0.683. The number of hydrogen-bond acceptors (Lipinski definition) is 5. The van der Waals surface area contributed by atoms with E-state index in [1.54, 1.807) is 18.2 Å². The van der Waals surface area contributed by atoms with Gasteiger partial charge in [0.15, 0.2) is 5.82 Å². The summed E-state index contributed by atoms with van der Waals surface area (Å²) in [5, 5.41) is 14.6. The zero-order valence-electron chi connectivity index (χ0n) is 16.5. The molecule has 0 unspecified atom stereocenters. The Labute approximate surface area is 160 Å². The van der Waals surface area contributed by atoms with E-state index in [0.29, 0.717) is 31.7 Å². The van der Waals surface area contributed by atoms with Gasteiger partial charge in [0.1, 0.15) is 11.1 Å². The van der Waals surface area contributed by atoms with Gasteiger partial charge in [-0.05, 0) is 44.6 Å². The summed E-state index contributed by atoms with van der Waals surface area (Å²) in [6.07, 6.45) is 7.76. The molecule has 27 heavy (non-hydrogen) atoms. The van der Waals surface area contributed by atoms with Crippen molar-refractivity contribution < 1.29 is 14.6 Å². The minimum Gasteiger partial charge on any atom is -0.499 e. The van der Waals surface area contributed by atoms with Crippen molar-refractivity contribution in [3.05, 3.63) is 16.9 Å². The normalized spacial score (nSPS) is 18.9. The molecule has 1 aliphatic carbocycles. The molecule has 0 saturated carbocycles. The van der Waals surface area contributed by atoms with Crippen molar-refractivity contribution in [3.8, 4) is 0 Å². The number of nitrogens with zero attached hydrogens (tertiary/aromatic N) is 3. The summed E-state index contributed by atoms with van der Waals surface area (Å²) in [5.41, 5.74) is 0.600. The number of fused-ring (bicyclic) bond motifs is 1. The molecule has 2 heterocycles. The Bertz CT molecular complexity index is 809. The highest BCUT2D eigenvalue weighted by molar-refractivity contribution is 5.88. The molecule has 2 amide bonds. The lowest BCUT2D eigenvalue weighted by molar-refractivity contribution is 0.00569. The molecule has 7 heteroatoms. The van der Waals surface area contributed by atoms with Crippen LogP contribution in [0.2, 0.25) is 0 Å². The van der Waals surface area contributed by atoms with Crippen LogP contribution in [-0.4, -0.2) is 51.8 Å². The van der Waals surface area contributed by atoms with Gasteiger partial charge in [-0.1, -0.05) is 13.3 Å². The predicted octanol–water partition coefficient (Wildman–Crippen LogP) is 1.74. The average Bonchev–Trinajstić information content (AvgIpc) is 2.65. The molecule has 0 bridgehead atoms. The molecule has 0 spiro atoms. The van der Waals surface area contributed by atoms with Crippen molar-refractivity contribution in [2.75, 3.05) is 25.5 Å². The molecule has 1 aromatic rings. The van der Waals surface area contributed by atoms with Gasteiger partial charge in [-0.25, -0.2) is 14.8 Å². The van der Waals surface area contributed by atoms with Gasteiger partial charge in [0.05, 0.1) is 24.3 Å². The molecular weight excluding hydrogens is 344 g/mol. The van der Waals surface area contributed by atoms with Crippen LogP contribution in [0.25, 0.3) is 11.3 Å². The second kappa shape index (κ2) is 8.25. The lowest BCUT2D eigenvalue weighted by atomic mass is 9.94. The number of urea groups is 1. The molecule has 1 fully saturated rings. The molecule has 0 aromatic carbocycles. The molecule has 0 atom stereocenters. The Kier molecular flexibility index (Phi) is 5.99. The summed E-state index contributed by atoms with van der Waals surface area (Å²) >= 11 is 0. The molecule has 1 saturated heterocycles. The second-order valence-corrected chi connectivity index (χ2v) is 7.70. The largest absolute Gasteiger partial charge is 0.499 e. The summed E-state index contributed by atoms with van der Waals surface area (Å²) < 4.78 is 5.49. The number of rotatable bonds is 5. The third-order valence-corrected chi connectivity index (χ3v) is 5.47. The quantitative estimate of drug-likeness (QED) is 0.820. The van der Waals surface area contributed by atoms with Gasteiger partial charge in [0, 0.05) is 19.5 Å². The Balaban J connectivity index is 1.83. The number of carbonyl (C=O) groups excluding carboxylic acids is 1. The summed E-state index contributed by atoms with van der Waals surface area (Å²) in [7, 11) is 1.67. The minimum absolute atomic E-state index is 0.193. The number of anilines is 1. The van der Waals surface area contributed by atoms with E-state index in [2.05, 4.69) is 17.2 Å². The molecule has 7 nitrogen and oxygen atoms in total. The fraction of sp³-hybridized carbons (Fsp3) is 0.650. The van der Waals surface area contributed by atoms with Crippen molar-refractivity contribution in [1.29, 1.82) is 0 Å². The molecule has 3 rings (SSSR count). The van der Waals surface area contributed by atoms with Crippen LogP contribution in [0.3, 0.4) is 0 Å². The van der Waals surface area contributed by atoms with E-state index >= 15 is 0 Å². The maximum absolute atomic E-state index is 12.5. The van der Waals surface area contributed by atoms with Crippen LogP contribution < -0.4 is 16.0 Å². The average molecular weight is 374 g/mol. The van der Waals surface area contributed by atoms with E-state index < -0.39 is 5.60 Å². The van der Waals surface area contributed by atoms with Crippen molar-refractivity contribution in [1.82, 2.24) is 14.9 Å². The number of methoxy groups -OCH3 is 1. The van der Waals surface area contributed by atoms with E-state index in [1.807, 2.05) is 6.92 Å². The number of likely N-dealkylation sites (tertiary alicyclic amines) is 1. The summed E-state index contributed by atoms with van der Waals surface area (Å²) in [5.74, 6) is 1.32. The third kappa shape index (κ3) is 4.58. The van der Waals surface area contributed by atoms with Crippen LogP contribution in [0.5, 0.6) is 0 Å². The first-order valence-corrected chi connectivity index (χ1v) is 9.84. The molecule has 1 aliphatic heterocycles. The third-order valence-electron chi connectivity index (χ3n) is 5.47. The molecule has 0 radical (unpaired) electrons. The first-order chi connectivity index (χ1) is 12.9. The van der Waals surface area contributed by atoms with Gasteiger partial charge in [0.25, 0.3) is 0 Å². The number of nitrogens with one attached hydrogen (secondary N) is 1. The number of ether oxygens (including phenoxy) is 1. The monoisotopic (exact) mass is 374 g/mol. The number of amides is 2. The zero-order valence-corrected chi connectivity index (χ0v) is 16.5. The maximum atomic E-state index is 12.5. The first kappa shape index (κ1) is 19.6. The standard InChI is InChI=1S/C20H30N4O3/c1-4-5-6-14-7-8-15(27-3)18-17(14)22-16(13-21-18)23-19(25)24-11-9-20(2,26)10-12-24/h13,26H,4-12H2,1-3H3,(H,22,23,25). The smallest absolute Gasteiger partial charge is 0.323 e. The Hall–Kier alpha value is -2.15. The van der Waals surface area contributed by atoms with E-state index in [9.17, 15) is 9.90 Å².